The van der Waals surface area contributed by atoms with E-state index in [1.165, 1.54) is 25.0 Å². The summed E-state index contributed by atoms with van der Waals surface area (Å²) in [6, 6.07) is 2.15. The summed E-state index contributed by atoms with van der Waals surface area (Å²) < 4.78 is 1.90. The van der Waals surface area contributed by atoms with Crippen LogP contribution in [0.1, 0.15) is 38.8 Å². The standard InChI is InChI=1S/C14H25N3/c1-4-8-15-11-14(2,12-5-6-12)10-13-7-9-17(3)16-13/h7,9,12,15H,4-6,8,10-11H2,1-3H3. The number of aromatic nitrogens is 2. The van der Waals surface area contributed by atoms with Gasteiger partial charge in [0.25, 0.3) is 0 Å². The molecule has 1 aliphatic carbocycles. The van der Waals surface area contributed by atoms with Crippen LogP contribution in [0.15, 0.2) is 12.3 Å². The number of aryl methyl sites for hydroxylation is 1. The van der Waals surface area contributed by atoms with E-state index in [1.807, 2.05) is 17.9 Å². The summed E-state index contributed by atoms with van der Waals surface area (Å²) in [7, 11) is 1.99. The molecule has 3 heteroatoms. The van der Waals surface area contributed by atoms with Crippen LogP contribution in [0.3, 0.4) is 0 Å². The van der Waals surface area contributed by atoms with Crippen LogP contribution in [0.25, 0.3) is 0 Å². The molecule has 1 atom stereocenters. The largest absolute Gasteiger partial charge is 0.316 e. The Kier molecular flexibility index (Phi) is 3.87. The highest BCUT2D eigenvalue weighted by molar-refractivity contribution is 5.06. The van der Waals surface area contributed by atoms with E-state index in [1.54, 1.807) is 0 Å². The van der Waals surface area contributed by atoms with Crippen LogP contribution < -0.4 is 5.32 Å². The van der Waals surface area contributed by atoms with Gasteiger partial charge in [0.15, 0.2) is 0 Å². The van der Waals surface area contributed by atoms with Gasteiger partial charge in [-0.2, -0.15) is 5.10 Å². The van der Waals surface area contributed by atoms with E-state index < -0.39 is 0 Å². The molecule has 0 aromatic carbocycles. The Morgan fingerprint density at radius 3 is 2.82 bits per heavy atom. The maximum atomic E-state index is 4.52. The molecule has 2 rings (SSSR count). The lowest BCUT2D eigenvalue weighted by molar-refractivity contribution is 0.253. The van der Waals surface area contributed by atoms with Crippen molar-refractivity contribution in [2.75, 3.05) is 13.1 Å². The van der Waals surface area contributed by atoms with E-state index in [-0.39, 0.29) is 0 Å². The van der Waals surface area contributed by atoms with Crippen LogP contribution in [0.5, 0.6) is 0 Å². The van der Waals surface area contributed by atoms with Gasteiger partial charge < -0.3 is 5.32 Å². The molecule has 1 heterocycles. The van der Waals surface area contributed by atoms with Gasteiger partial charge in [0.2, 0.25) is 0 Å². The molecule has 17 heavy (non-hydrogen) atoms. The lowest BCUT2D eigenvalue weighted by Crippen LogP contribution is -2.36. The SMILES string of the molecule is CCCNCC(C)(Cc1ccn(C)n1)C1CC1. The molecule has 1 unspecified atom stereocenters. The van der Waals surface area contributed by atoms with Crippen molar-refractivity contribution in [3.63, 3.8) is 0 Å². The highest BCUT2D eigenvalue weighted by Gasteiger charge is 2.41. The predicted octanol–water partition coefficient (Wildman–Crippen LogP) is 2.38. The van der Waals surface area contributed by atoms with E-state index in [4.69, 9.17) is 0 Å². The Balaban J connectivity index is 1.95. The van der Waals surface area contributed by atoms with Gasteiger partial charge in [-0.1, -0.05) is 13.8 Å². The van der Waals surface area contributed by atoms with Crippen molar-refractivity contribution in [2.24, 2.45) is 18.4 Å². The van der Waals surface area contributed by atoms with Crippen molar-refractivity contribution >= 4 is 0 Å². The van der Waals surface area contributed by atoms with Gasteiger partial charge >= 0.3 is 0 Å². The van der Waals surface area contributed by atoms with Crippen LogP contribution in [0.2, 0.25) is 0 Å². The molecular weight excluding hydrogens is 210 g/mol. The van der Waals surface area contributed by atoms with Gasteiger partial charge in [-0.05, 0) is 49.6 Å². The molecule has 1 aromatic rings. The van der Waals surface area contributed by atoms with E-state index >= 15 is 0 Å². The number of rotatable bonds is 7. The fraction of sp³-hybridized carbons (Fsp3) is 0.786. The monoisotopic (exact) mass is 235 g/mol. The van der Waals surface area contributed by atoms with E-state index in [2.05, 4.69) is 30.3 Å². The third kappa shape index (κ3) is 3.32. The summed E-state index contributed by atoms with van der Waals surface area (Å²) >= 11 is 0. The lowest BCUT2D eigenvalue weighted by Gasteiger charge is -2.29. The fourth-order valence-corrected chi connectivity index (χ4v) is 2.65. The Bertz CT molecular complexity index is 354. The van der Waals surface area contributed by atoms with Crippen molar-refractivity contribution < 1.29 is 0 Å². The van der Waals surface area contributed by atoms with E-state index in [9.17, 15) is 0 Å². The quantitative estimate of drug-likeness (QED) is 0.735. The second-order valence-electron chi connectivity index (χ2n) is 5.76. The molecule has 0 radical (unpaired) electrons. The molecule has 1 aliphatic rings. The van der Waals surface area contributed by atoms with Gasteiger partial charge in [0, 0.05) is 19.8 Å². The average molecular weight is 235 g/mol. The molecule has 0 bridgehead atoms. The zero-order valence-electron chi connectivity index (χ0n) is 11.4. The zero-order valence-corrected chi connectivity index (χ0v) is 11.4. The van der Waals surface area contributed by atoms with E-state index in [0.29, 0.717) is 5.41 Å². The third-order valence-corrected chi connectivity index (χ3v) is 3.87. The van der Waals surface area contributed by atoms with Crippen molar-refractivity contribution in [2.45, 2.75) is 39.5 Å². The Morgan fingerprint density at radius 1 is 1.53 bits per heavy atom. The molecule has 0 amide bonds. The fourth-order valence-electron chi connectivity index (χ4n) is 2.65. The van der Waals surface area contributed by atoms with Gasteiger partial charge in [0.1, 0.15) is 0 Å². The van der Waals surface area contributed by atoms with Gasteiger partial charge in [-0.3, -0.25) is 4.68 Å². The smallest absolute Gasteiger partial charge is 0.0630 e. The Labute approximate surface area is 105 Å². The zero-order chi connectivity index (χ0) is 12.3. The topological polar surface area (TPSA) is 29.9 Å². The maximum absolute atomic E-state index is 4.52. The van der Waals surface area contributed by atoms with Gasteiger partial charge in [-0.15, -0.1) is 0 Å². The minimum absolute atomic E-state index is 0.392. The van der Waals surface area contributed by atoms with Crippen LogP contribution in [0.4, 0.5) is 0 Å². The predicted molar refractivity (Wildman–Crippen MR) is 70.9 cm³/mol. The number of nitrogens with one attached hydrogen (secondary N) is 1. The molecular formula is C14H25N3. The van der Waals surface area contributed by atoms with Crippen molar-refractivity contribution in [3.05, 3.63) is 18.0 Å². The third-order valence-electron chi connectivity index (χ3n) is 3.87. The van der Waals surface area contributed by atoms with Crippen molar-refractivity contribution in [3.8, 4) is 0 Å². The molecule has 1 saturated carbocycles. The second-order valence-corrected chi connectivity index (χ2v) is 5.76. The average Bonchev–Trinajstić information content (AvgIpc) is 3.05. The van der Waals surface area contributed by atoms with Crippen molar-refractivity contribution in [1.82, 2.24) is 15.1 Å². The van der Waals surface area contributed by atoms with Crippen LogP contribution in [0, 0.1) is 11.3 Å². The van der Waals surface area contributed by atoms with Crippen LogP contribution >= 0.6 is 0 Å². The van der Waals surface area contributed by atoms with Gasteiger partial charge in [-0.25, -0.2) is 0 Å². The summed E-state index contributed by atoms with van der Waals surface area (Å²) in [5, 5.41) is 8.11. The molecule has 1 aromatic heterocycles. The summed E-state index contributed by atoms with van der Waals surface area (Å²) in [5.41, 5.74) is 1.63. The summed E-state index contributed by atoms with van der Waals surface area (Å²) in [6.45, 7) is 6.90. The minimum atomic E-state index is 0.392. The molecule has 1 fully saturated rings. The highest BCUT2D eigenvalue weighted by Crippen LogP contribution is 2.46. The molecule has 3 nitrogen and oxygen atoms in total. The van der Waals surface area contributed by atoms with Crippen molar-refractivity contribution in [1.29, 1.82) is 0 Å². The first-order valence-electron chi connectivity index (χ1n) is 6.83. The molecule has 0 saturated heterocycles. The highest BCUT2D eigenvalue weighted by atomic mass is 15.2. The lowest BCUT2D eigenvalue weighted by atomic mass is 9.80. The Hall–Kier alpha value is -0.830. The summed E-state index contributed by atoms with van der Waals surface area (Å²) in [5.74, 6) is 0.897. The summed E-state index contributed by atoms with van der Waals surface area (Å²) in [6.07, 6.45) is 7.16. The number of hydrogen-bond donors (Lipinski definition) is 1. The molecule has 96 valence electrons. The first-order chi connectivity index (χ1) is 8.14. The van der Waals surface area contributed by atoms with Crippen LogP contribution in [-0.2, 0) is 13.5 Å². The minimum Gasteiger partial charge on any atom is -0.316 e. The summed E-state index contributed by atoms with van der Waals surface area (Å²) in [4.78, 5) is 0. The van der Waals surface area contributed by atoms with Crippen LogP contribution in [-0.4, -0.2) is 22.9 Å². The normalized spacial score (nSPS) is 19.2. The first kappa shape index (κ1) is 12.6. The molecule has 0 spiro atoms. The van der Waals surface area contributed by atoms with E-state index in [0.717, 1.165) is 25.4 Å². The number of hydrogen-bond acceptors (Lipinski definition) is 2. The molecule has 1 N–H and O–H groups in total. The second kappa shape index (κ2) is 5.21. The number of nitrogens with zero attached hydrogens (tertiary/aromatic N) is 2. The first-order valence-corrected chi connectivity index (χ1v) is 6.83. The van der Waals surface area contributed by atoms with Gasteiger partial charge in [0.05, 0.1) is 5.69 Å². The maximum Gasteiger partial charge on any atom is 0.0630 e. The molecule has 0 aliphatic heterocycles. The Morgan fingerprint density at radius 2 is 2.29 bits per heavy atom.